The average Bonchev–Trinajstić information content (AvgIpc) is 1.80. The van der Waals surface area contributed by atoms with Gasteiger partial charge in [0, 0.05) is 6.54 Å². The Morgan fingerprint density at radius 1 is 1.36 bits per heavy atom. The Morgan fingerprint density at radius 3 is 2.09 bits per heavy atom. The first kappa shape index (κ1) is 11.1. The van der Waals surface area contributed by atoms with Gasteiger partial charge in [-0.25, -0.2) is 8.93 Å². The Bertz CT molecular complexity index is 138. The fourth-order valence-corrected chi connectivity index (χ4v) is 1.38. The summed E-state index contributed by atoms with van der Waals surface area (Å²) in [5.74, 6) is 0.557. The van der Waals surface area contributed by atoms with Crippen molar-refractivity contribution in [2.24, 2.45) is 5.92 Å². The number of hydrogen-bond donors (Lipinski definition) is 1. The number of rotatable bonds is 3. The highest BCUT2D eigenvalue weighted by molar-refractivity contribution is 7.84. The van der Waals surface area contributed by atoms with Crippen LogP contribution in [0.1, 0.15) is 34.6 Å². The van der Waals surface area contributed by atoms with Crippen molar-refractivity contribution >= 4 is 11.0 Å². The van der Waals surface area contributed by atoms with Gasteiger partial charge in [0.1, 0.15) is 0 Å². The molecule has 0 fully saturated rings. The molecule has 1 unspecified atom stereocenters. The van der Waals surface area contributed by atoms with E-state index in [1.54, 1.807) is 0 Å². The van der Waals surface area contributed by atoms with Crippen LogP contribution in [0.25, 0.3) is 0 Å². The molecule has 0 bridgehead atoms. The summed E-state index contributed by atoms with van der Waals surface area (Å²) < 4.78 is 14.2. The zero-order valence-corrected chi connectivity index (χ0v) is 8.92. The summed E-state index contributed by atoms with van der Waals surface area (Å²) >= 11 is 0. The van der Waals surface area contributed by atoms with E-state index >= 15 is 0 Å². The minimum atomic E-state index is -0.908. The summed E-state index contributed by atoms with van der Waals surface area (Å²) in [6, 6.07) is 0. The van der Waals surface area contributed by atoms with Gasteiger partial charge in [0.15, 0.2) is 0 Å². The van der Waals surface area contributed by atoms with E-state index in [4.69, 9.17) is 0 Å². The van der Waals surface area contributed by atoms with Crippen LogP contribution in [0, 0.1) is 5.92 Å². The van der Waals surface area contributed by atoms with Crippen LogP contribution in [0.2, 0.25) is 0 Å². The Hall–Kier alpha value is 0.110. The first-order valence-corrected chi connectivity index (χ1v) is 5.14. The molecule has 1 atom stereocenters. The van der Waals surface area contributed by atoms with Gasteiger partial charge in [0.05, 0.1) is 15.7 Å². The molecule has 0 aliphatic carbocycles. The van der Waals surface area contributed by atoms with Crippen LogP contribution in [0.5, 0.6) is 0 Å². The second kappa shape index (κ2) is 4.21. The van der Waals surface area contributed by atoms with Crippen molar-refractivity contribution in [3.8, 4) is 0 Å². The van der Waals surface area contributed by atoms with Crippen LogP contribution in [-0.4, -0.2) is 15.5 Å². The van der Waals surface area contributed by atoms with Gasteiger partial charge in [-0.1, -0.05) is 13.8 Å². The molecule has 2 nitrogen and oxygen atoms in total. The van der Waals surface area contributed by atoms with E-state index in [9.17, 15) is 4.21 Å². The molecular weight excluding hydrogens is 158 g/mol. The van der Waals surface area contributed by atoms with Gasteiger partial charge >= 0.3 is 0 Å². The van der Waals surface area contributed by atoms with Crippen LogP contribution in [0.3, 0.4) is 0 Å². The number of nitrogens with one attached hydrogen (secondary N) is 1. The molecule has 0 heterocycles. The van der Waals surface area contributed by atoms with Crippen molar-refractivity contribution in [1.29, 1.82) is 0 Å². The summed E-state index contributed by atoms with van der Waals surface area (Å²) in [6.07, 6.45) is 0. The van der Waals surface area contributed by atoms with E-state index in [1.165, 1.54) is 0 Å². The Morgan fingerprint density at radius 2 is 1.82 bits per heavy atom. The van der Waals surface area contributed by atoms with Crippen molar-refractivity contribution in [3.63, 3.8) is 0 Å². The van der Waals surface area contributed by atoms with Crippen LogP contribution >= 0.6 is 0 Å². The molecule has 0 rings (SSSR count). The van der Waals surface area contributed by atoms with Crippen molar-refractivity contribution in [1.82, 2.24) is 4.72 Å². The van der Waals surface area contributed by atoms with Gasteiger partial charge < -0.3 is 0 Å². The first-order chi connectivity index (χ1) is 4.84. The molecule has 0 aliphatic heterocycles. The van der Waals surface area contributed by atoms with E-state index in [1.807, 2.05) is 20.8 Å². The molecule has 0 radical (unpaired) electrons. The van der Waals surface area contributed by atoms with Gasteiger partial charge in [-0.3, -0.25) is 0 Å². The molecule has 0 saturated heterocycles. The Labute approximate surface area is 72.4 Å². The standard InChI is InChI=1S/C8H19NOS/c1-7(2)6-9-11(10)8(3,4)5/h7,9H,6H2,1-5H3. The second-order valence-electron chi connectivity index (χ2n) is 4.12. The smallest absolute Gasteiger partial charge is 0.0970 e. The normalized spacial score (nSPS) is 15.5. The summed E-state index contributed by atoms with van der Waals surface area (Å²) in [6.45, 7) is 10.9. The molecule has 0 aromatic carbocycles. The van der Waals surface area contributed by atoms with E-state index in [2.05, 4.69) is 18.6 Å². The molecule has 0 spiro atoms. The fraction of sp³-hybridized carbons (Fsp3) is 1.00. The van der Waals surface area contributed by atoms with Gasteiger partial charge in [-0.2, -0.15) is 0 Å². The van der Waals surface area contributed by atoms with Crippen molar-refractivity contribution in [3.05, 3.63) is 0 Å². The Kier molecular flexibility index (Phi) is 4.26. The van der Waals surface area contributed by atoms with E-state index in [0.717, 1.165) is 6.54 Å². The maximum absolute atomic E-state index is 11.4. The van der Waals surface area contributed by atoms with E-state index in [-0.39, 0.29) is 4.75 Å². The molecule has 3 heteroatoms. The van der Waals surface area contributed by atoms with Crippen molar-refractivity contribution in [2.45, 2.75) is 39.4 Å². The lowest BCUT2D eigenvalue weighted by Gasteiger charge is -2.18. The molecule has 68 valence electrons. The maximum Gasteiger partial charge on any atom is 0.0970 e. The summed E-state index contributed by atoms with van der Waals surface area (Å²) in [5, 5.41) is 0. The van der Waals surface area contributed by atoms with Gasteiger partial charge in [-0.15, -0.1) is 0 Å². The van der Waals surface area contributed by atoms with Gasteiger partial charge in [0.2, 0.25) is 0 Å². The lowest BCUT2D eigenvalue weighted by molar-refractivity contribution is 0.597. The molecular formula is C8H19NOS. The molecule has 1 N–H and O–H groups in total. The predicted molar refractivity (Wildman–Crippen MR) is 50.7 cm³/mol. The largest absolute Gasteiger partial charge is 0.242 e. The quantitative estimate of drug-likeness (QED) is 0.698. The minimum Gasteiger partial charge on any atom is -0.242 e. The highest BCUT2D eigenvalue weighted by Gasteiger charge is 2.18. The second-order valence-corrected chi connectivity index (χ2v) is 6.17. The molecule has 0 aliphatic rings. The van der Waals surface area contributed by atoms with Crippen LogP contribution in [0.15, 0.2) is 0 Å². The van der Waals surface area contributed by atoms with Crippen molar-refractivity contribution in [2.75, 3.05) is 6.54 Å². The van der Waals surface area contributed by atoms with Crippen LogP contribution in [0.4, 0.5) is 0 Å². The molecule has 0 aromatic rings. The van der Waals surface area contributed by atoms with Crippen LogP contribution < -0.4 is 4.72 Å². The summed E-state index contributed by atoms with van der Waals surface area (Å²) in [7, 11) is -0.908. The zero-order chi connectivity index (χ0) is 9.07. The summed E-state index contributed by atoms with van der Waals surface area (Å²) in [5.41, 5.74) is 0. The first-order valence-electron chi connectivity index (χ1n) is 3.99. The highest BCUT2D eigenvalue weighted by Crippen LogP contribution is 2.08. The minimum absolute atomic E-state index is 0.144. The van der Waals surface area contributed by atoms with Gasteiger partial charge in [-0.05, 0) is 26.7 Å². The highest BCUT2D eigenvalue weighted by atomic mass is 32.2. The summed E-state index contributed by atoms with van der Waals surface area (Å²) in [4.78, 5) is 0. The average molecular weight is 177 g/mol. The molecule has 0 saturated carbocycles. The topological polar surface area (TPSA) is 29.1 Å². The monoisotopic (exact) mass is 177 g/mol. The molecule has 0 amide bonds. The van der Waals surface area contributed by atoms with E-state index < -0.39 is 11.0 Å². The Balaban J connectivity index is 3.71. The third-order valence-electron chi connectivity index (χ3n) is 1.18. The van der Waals surface area contributed by atoms with Crippen molar-refractivity contribution < 1.29 is 4.21 Å². The molecule has 0 aromatic heterocycles. The third-order valence-corrected chi connectivity index (χ3v) is 2.72. The molecule has 11 heavy (non-hydrogen) atoms. The maximum atomic E-state index is 11.4. The van der Waals surface area contributed by atoms with Crippen LogP contribution in [-0.2, 0) is 11.0 Å². The fourth-order valence-electron chi connectivity index (χ4n) is 0.459. The SMILES string of the molecule is CC(C)CNS(=O)C(C)(C)C. The third kappa shape index (κ3) is 5.39. The number of hydrogen-bond acceptors (Lipinski definition) is 1. The van der Waals surface area contributed by atoms with E-state index in [0.29, 0.717) is 5.92 Å². The zero-order valence-electron chi connectivity index (χ0n) is 8.10. The van der Waals surface area contributed by atoms with Gasteiger partial charge in [0.25, 0.3) is 0 Å². The lowest BCUT2D eigenvalue weighted by atomic mass is 10.2. The lowest BCUT2D eigenvalue weighted by Crippen LogP contribution is -2.35. The predicted octanol–water partition coefficient (Wildman–Crippen LogP) is 1.69.